The Morgan fingerprint density at radius 2 is 2.29 bits per heavy atom. The predicted molar refractivity (Wildman–Crippen MR) is 55.4 cm³/mol. The van der Waals surface area contributed by atoms with Crippen molar-refractivity contribution in [2.24, 2.45) is 11.2 Å². The largest absolute Gasteiger partial charge is 0.390 e. The van der Waals surface area contributed by atoms with Gasteiger partial charge in [-0.15, -0.1) is 4.91 Å². The number of hydrogen-bond acceptors (Lipinski definition) is 3. The summed E-state index contributed by atoms with van der Waals surface area (Å²) < 4.78 is 0. The van der Waals surface area contributed by atoms with Crippen LogP contribution in [0.3, 0.4) is 0 Å². The lowest BCUT2D eigenvalue weighted by molar-refractivity contribution is 0.0434. The number of rotatable bonds is 4. The minimum Gasteiger partial charge on any atom is -0.390 e. The van der Waals surface area contributed by atoms with Gasteiger partial charge in [-0.25, -0.2) is 0 Å². The van der Waals surface area contributed by atoms with Crippen LogP contribution in [-0.4, -0.2) is 29.3 Å². The first-order valence-corrected chi connectivity index (χ1v) is 4.74. The van der Waals surface area contributed by atoms with Crippen molar-refractivity contribution in [3.8, 4) is 0 Å². The lowest BCUT2D eigenvalue weighted by Gasteiger charge is -2.29. The number of aliphatic hydroxyl groups is 1. The van der Waals surface area contributed by atoms with Crippen LogP contribution < -0.4 is 0 Å². The normalized spacial score (nSPS) is 24.4. The molecule has 0 aliphatic heterocycles. The summed E-state index contributed by atoms with van der Waals surface area (Å²) in [7, 11) is 1.57. The molecule has 1 aliphatic carbocycles. The fourth-order valence-electron chi connectivity index (χ4n) is 1.51. The topological polar surface area (TPSA) is 52.9 Å². The molecule has 4 nitrogen and oxygen atoms in total. The fraction of sp³-hybridized carbons (Fsp3) is 0.600. The molecule has 0 heterocycles. The van der Waals surface area contributed by atoms with Gasteiger partial charge in [-0.05, 0) is 13.3 Å². The average Bonchev–Trinajstić information content (AvgIpc) is 2.27. The molecule has 0 bridgehead atoms. The van der Waals surface area contributed by atoms with Crippen LogP contribution in [0.4, 0.5) is 0 Å². The molecular weight excluding hydrogens is 180 g/mol. The summed E-state index contributed by atoms with van der Waals surface area (Å²) in [5.74, 6) is 0.0826. The molecule has 0 spiro atoms. The van der Waals surface area contributed by atoms with E-state index in [1.54, 1.807) is 14.0 Å². The molecule has 0 fully saturated rings. The van der Waals surface area contributed by atoms with E-state index in [0.29, 0.717) is 0 Å². The Bertz CT molecular complexity index is 251. The lowest BCUT2D eigenvalue weighted by atomic mass is 9.91. The van der Waals surface area contributed by atoms with Gasteiger partial charge in [0.05, 0.1) is 17.4 Å². The molecular formula is C10H16N2O2. The molecule has 0 saturated carbocycles. The highest BCUT2D eigenvalue weighted by Gasteiger charge is 2.25. The van der Waals surface area contributed by atoms with Gasteiger partial charge in [-0.3, -0.25) is 5.01 Å². The third-order valence-electron chi connectivity index (χ3n) is 2.66. The summed E-state index contributed by atoms with van der Waals surface area (Å²) >= 11 is 0. The minimum absolute atomic E-state index is 0.0826. The Morgan fingerprint density at radius 1 is 1.57 bits per heavy atom. The number of aliphatic hydroxyl groups excluding tert-OH is 1. The molecule has 1 aliphatic rings. The van der Waals surface area contributed by atoms with Gasteiger partial charge in [0.2, 0.25) is 0 Å². The van der Waals surface area contributed by atoms with Gasteiger partial charge >= 0.3 is 0 Å². The fourth-order valence-corrected chi connectivity index (χ4v) is 1.51. The Morgan fingerprint density at radius 3 is 2.79 bits per heavy atom. The zero-order valence-electron chi connectivity index (χ0n) is 8.50. The van der Waals surface area contributed by atoms with Crippen LogP contribution in [0.25, 0.3) is 0 Å². The van der Waals surface area contributed by atoms with E-state index in [4.69, 9.17) is 0 Å². The van der Waals surface area contributed by atoms with E-state index in [1.165, 1.54) is 5.01 Å². The Hall–Kier alpha value is -1.16. The number of allylic oxidation sites excluding steroid dienone is 3. The maximum absolute atomic E-state index is 10.3. The van der Waals surface area contributed by atoms with E-state index in [-0.39, 0.29) is 12.0 Å². The maximum atomic E-state index is 10.3. The van der Waals surface area contributed by atoms with E-state index in [1.807, 2.05) is 24.3 Å². The molecule has 1 N–H and O–H groups in total. The van der Waals surface area contributed by atoms with Crippen molar-refractivity contribution in [2.45, 2.75) is 25.5 Å². The third kappa shape index (κ3) is 2.42. The van der Waals surface area contributed by atoms with Crippen molar-refractivity contribution in [1.82, 2.24) is 5.01 Å². The maximum Gasteiger partial charge on any atom is 0.0823 e. The van der Waals surface area contributed by atoms with Crippen molar-refractivity contribution < 1.29 is 5.11 Å². The molecule has 0 aromatic heterocycles. The van der Waals surface area contributed by atoms with Gasteiger partial charge < -0.3 is 5.11 Å². The number of likely N-dealkylation sites (N-methyl/N-ethyl adjacent to an activating group) is 1. The van der Waals surface area contributed by atoms with E-state index >= 15 is 0 Å². The Labute approximate surface area is 83.9 Å². The Balaban J connectivity index is 2.55. The third-order valence-corrected chi connectivity index (χ3v) is 2.66. The first kappa shape index (κ1) is 10.9. The number of hydrogen-bond donors (Lipinski definition) is 1. The summed E-state index contributed by atoms with van der Waals surface area (Å²) in [6.07, 6.45) is 8.09. The van der Waals surface area contributed by atoms with Crippen molar-refractivity contribution in [3.63, 3.8) is 0 Å². The first-order chi connectivity index (χ1) is 6.66. The molecule has 1 unspecified atom stereocenters. The zero-order valence-corrected chi connectivity index (χ0v) is 8.50. The second kappa shape index (κ2) is 4.91. The summed E-state index contributed by atoms with van der Waals surface area (Å²) in [4.78, 5) is 10.3. The van der Waals surface area contributed by atoms with E-state index in [0.717, 1.165) is 6.42 Å². The molecule has 14 heavy (non-hydrogen) atoms. The Kier molecular flexibility index (Phi) is 3.83. The van der Waals surface area contributed by atoms with Gasteiger partial charge in [0.25, 0.3) is 0 Å². The van der Waals surface area contributed by atoms with Crippen LogP contribution >= 0.6 is 0 Å². The van der Waals surface area contributed by atoms with Crippen LogP contribution in [0.1, 0.15) is 13.3 Å². The molecule has 1 rings (SSSR count). The van der Waals surface area contributed by atoms with Crippen LogP contribution in [0.15, 0.2) is 29.6 Å². The van der Waals surface area contributed by atoms with Gasteiger partial charge in [0.1, 0.15) is 0 Å². The highest BCUT2D eigenvalue weighted by molar-refractivity contribution is 5.12. The van der Waals surface area contributed by atoms with Crippen molar-refractivity contribution >= 4 is 0 Å². The number of nitroso groups, excluding NO2 is 1. The smallest absolute Gasteiger partial charge is 0.0823 e. The van der Waals surface area contributed by atoms with Crippen molar-refractivity contribution in [2.75, 3.05) is 7.05 Å². The SMILES string of the molecule is C[C@@H]([C@@H](O)C1C=CC=CC1)N(C)N=O. The minimum atomic E-state index is -0.557. The van der Waals surface area contributed by atoms with Gasteiger partial charge in [0, 0.05) is 13.0 Å². The van der Waals surface area contributed by atoms with Gasteiger partial charge in [-0.2, -0.15) is 0 Å². The summed E-state index contributed by atoms with van der Waals surface area (Å²) in [5, 5.41) is 14.0. The second-order valence-electron chi connectivity index (χ2n) is 3.60. The van der Waals surface area contributed by atoms with E-state index in [9.17, 15) is 10.0 Å². The van der Waals surface area contributed by atoms with E-state index < -0.39 is 6.10 Å². The van der Waals surface area contributed by atoms with Gasteiger partial charge in [-0.1, -0.05) is 24.3 Å². The van der Waals surface area contributed by atoms with Crippen LogP contribution in [-0.2, 0) is 0 Å². The molecule has 0 amide bonds. The molecule has 4 heteroatoms. The van der Waals surface area contributed by atoms with E-state index in [2.05, 4.69) is 5.29 Å². The quantitative estimate of drug-likeness (QED) is 0.547. The standard InChI is InChI=1S/C10H16N2O2/c1-8(12(2)11-14)10(13)9-6-4-3-5-7-9/h3-6,8-10,13H,7H2,1-2H3/t8-,9?,10+/m0/s1. The molecule has 0 saturated heterocycles. The highest BCUT2D eigenvalue weighted by Crippen LogP contribution is 2.20. The molecule has 0 aromatic rings. The monoisotopic (exact) mass is 196 g/mol. The van der Waals surface area contributed by atoms with Crippen molar-refractivity contribution in [1.29, 1.82) is 0 Å². The molecule has 0 radical (unpaired) electrons. The first-order valence-electron chi connectivity index (χ1n) is 4.74. The van der Waals surface area contributed by atoms with Crippen molar-refractivity contribution in [3.05, 3.63) is 29.2 Å². The van der Waals surface area contributed by atoms with Crippen LogP contribution in [0.2, 0.25) is 0 Å². The summed E-state index contributed by atoms with van der Waals surface area (Å²) in [5.41, 5.74) is 0. The summed E-state index contributed by atoms with van der Waals surface area (Å²) in [6.45, 7) is 1.79. The predicted octanol–water partition coefficient (Wildman–Crippen LogP) is 1.48. The lowest BCUT2D eigenvalue weighted by Crippen LogP contribution is -2.39. The summed E-state index contributed by atoms with van der Waals surface area (Å²) in [6, 6.07) is -0.256. The van der Waals surface area contributed by atoms with Crippen LogP contribution in [0, 0.1) is 10.8 Å². The highest BCUT2D eigenvalue weighted by atomic mass is 16.3. The zero-order chi connectivity index (χ0) is 10.6. The second-order valence-corrected chi connectivity index (χ2v) is 3.60. The van der Waals surface area contributed by atoms with Gasteiger partial charge in [0.15, 0.2) is 0 Å². The molecule has 3 atom stereocenters. The molecule has 0 aromatic carbocycles. The molecule has 78 valence electrons. The van der Waals surface area contributed by atoms with Crippen LogP contribution in [0.5, 0.6) is 0 Å². The average molecular weight is 196 g/mol. The number of nitrogens with zero attached hydrogens (tertiary/aromatic N) is 2.